The number of aromatic nitrogens is 4. The van der Waals surface area contributed by atoms with E-state index >= 15 is 0 Å². The normalized spacial score (nSPS) is 15.9. The third-order valence-electron chi connectivity index (χ3n) is 6.47. The maximum absolute atomic E-state index is 12.3. The Kier molecular flexibility index (Phi) is 6.65. The molecule has 170 valence electrons. The van der Waals surface area contributed by atoms with E-state index in [9.17, 15) is 4.79 Å². The zero-order valence-electron chi connectivity index (χ0n) is 20.0. The summed E-state index contributed by atoms with van der Waals surface area (Å²) in [6.07, 6.45) is 10.9. The highest BCUT2D eigenvalue weighted by atomic mass is 16.1. The van der Waals surface area contributed by atoms with Gasteiger partial charge in [-0.3, -0.25) is 24.2 Å². The van der Waals surface area contributed by atoms with Gasteiger partial charge in [0.05, 0.1) is 0 Å². The van der Waals surface area contributed by atoms with E-state index in [0.717, 1.165) is 47.7 Å². The zero-order valence-corrected chi connectivity index (χ0v) is 20.0. The Morgan fingerprint density at radius 3 is 2.73 bits per heavy atom. The number of allylic oxidation sites excluding steroid dienone is 2. The summed E-state index contributed by atoms with van der Waals surface area (Å²) in [5, 5.41) is 0. The fourth-order valence-corrected chi connectivity index (χ4v) is 4.49. The van der Waals surface area contributed by atoms with E-state index in [4.69, 9.17) is 4.98 Å². The average molecular weight is 442 g/mol. The van der Waals surface area contributed by atoms with Crippen LogP contribution in [0.2, 0.25) is 0 Å². The van der Waals surface area contributed by atoms with Gasteiger partial charge in [-0.05, 0) is 56.5 Å². The van der Waals surface area contributed by atoms with Crippen molar-refractivity contribution in [2.45, 2.75) is 46.7 Å². The minimum absolute atomic E-state index is 0.0341. The number of pyridine rings is 2. The summed E-state index contributed by atoms with van der Waals surface area (Å²) in [6.45, 7) is 9.87. The quantitative estimate of drug-likeness (QED) is 0.551. The molecule has 1 unspecified atom stereocenters. The predicted octanol–water partition coefficient (Wildman–Crippen LogP) is 4.34. The monoisotopic (exact) mass is 441 g/mol. The summed E-state index contributed by atoms with van der Waals surface area (Å²) in [5.74, 6) is 0.727. The lowest BCUT2D eigenvalue weighted by molar-refractivity contribution is 0.230. The van der Waals surface area contributed by atoms with Crippen LogP contribution in [0.5, 0.6) is 0 Å². The Bertz CT molecular complexity index is 1270. The molecule has 0 spiro atoms. The number of fused-ring (bicyclic) bond motifs is 1. The Morgan fingerprint density at radius 1 is 1.18 bits per heavy atom. The smallest absolute Gasteiger partial charge is 0.253 e. The number of rotatable bonds is 5. The van der Waals surface area contributed by atoms with Gasteiger partial charge in [0.2, 0.25) is 0 Å². The van der Waals surface area contributed by atoms with E-state index in [0.29, 0.717) is 0 Å². The molecule has 0 aromatic carbocycles. The van der Waals surface area contributed by atoms with E-state index in [1.54, 1.807) is 23.9 Å². The highest BCUT2D eigenvalue weighted by molar-refractivity contribution is 5.64. The second-order valence-corrected chi connectivity index (χ2v) is 8.69. The van der Waals surface area contributed by atoms with E-state index < -0.39 is 0 Å². The van der Waals surface area contributed by atoms with Crippen molar-refractivity contribution in [2.75, 3.05) is 6.54 Å². The van der Waals surface area contributed by atoms with E-state index in [1.807, 2.05) is 25.4 Å². The third kappa shape index (κ3) is 4.71. The highest BCUT2D eigenvalue weighted by Gasteiger charge is 2.25. The van der Waals surface area contributed by atoms with Crippen LogP contribution in [0.4, 0.5) is 0 Å². The van der Waals surface area contributed by atoms with Crippen molar-refractivity contribution in [3.8, 4) is 11.1 Å². The van der Waals surface area contributed by atoms with Gasteiger partial charge in [-0.15, -0.1) is 0 Å². The van der Waals surface area contributed by atoms with Crippen LogP contribution in [-0.2, 0) is 20.0 Å². The van der Waals surface area contributed by atoms with Crippen molar-refractivity contribution < 1.29 is 0 Å². The first-order chi connectivity index (χ1) is 15.9. The average Bonchev–Trinajstić information content (AvgIpc) is 2.83. The third-order valence-corrected chi connectivity index (χ3v) is 6.47. The lowest BCUT2D eigenvalue weighted by Crippen LogP contribution is -2.39. The second-order valence-electron chi connectivity index (χ2n) is 8.69. The van der Waals surface area contributed by atoms with Crippen LogP contribution < -0.4 is 5.56 Å². The Labute approximate surface area is 195 Å². The summed E-state index contributed by atoms with van der Waals surface area (Å²) in [6, 6.07) is 7.95. The van der Waals surface area contributed by atoms with Gasteiger partial charge >= 0.3 is 0 Å². The molecule has 3 aromatic rings. The number of aryl methyl sites for hydroxylation is 1. The van der Waals surface area contributed by atoms with E-state index in [1.165, 1.54) is 16.8 Å². The molecule has 4 heterocycles. The summed E-state index contributed by atoms with van der Waals surface area (Å²) in [5.41, 5.74) is 7.53. The molecule has 0 amide bonds. The molecule has 0 saturated heterocycles. The van der Waals surface area contributed by atoms with Gasteiger partial charge in [-0.2, -0.15) is 0 Å². The first kappa shape index (κ1) is 22.8. The van der Waals surface area contributed by atoms with Crippen molar-refractivity contribution in [3.05, 3.63) is 93.7 Å². The first-order valence-corrected chi connectivity index (χ1v) is 11.4. The van der Waals surface area contributed by atoms with Crippen molar-refractivity contribution in [2.24, 2.45) is 7.05 Å². The molecular weight excluding hydrogens is 410 g/mol. The predicted molar refractivity (Wildman–Crippen MR) is 133 cm³/mol. The fourth-order valence-electron chi connectivity index (χ4n) is 4.49. The lowest BCUT2D eigenvalue weighted by Gasteiger charge is -2.35. The molecule has 1 aliphatic rings. The van der Waals surface area contributed by atoms with Gasteiger partial charge in [0.25, 0.3) is 5.56 Å². The molecule has 33 heavy (non-hydrogen) atoms. The summed E-state index contributed by atoms with van der Waals surface area (Å²) in [7, 11) is 1.79. The van der Waals surface area contributed by atoms with Gasteiger partial charge in [0.1, 0.15) is 5.82 Å². The van der Waals surface area contributed by atoms with Crippen LogP contribution >= 0.6 is 0 Å². The van der Waals surface area contributed by atoms with Gasteiger partial charge in [0, 0.05) is 79.8 Å². The molecule has 6 nitrogen and oxygen atoms in total. The van der Waals surface area contributed by atoms with Gasteiger partial charge in [-0.1, -0.05) is 18.2 Å². The summed E-state index contributed by atoms with van der Waals surface area (Å²) >= 11 is 0. The molecule has 1 aliphatic heterocycles. The van der Waals surface area contributed by atoms with Crippen LogP contribution in [0.15, 0.2) is 65.4 Å². The zero-order chi connectivity index (χ0) is 23.5. The highest BCUT2D eigenvalue weighted by Crippen LogP contribution is 2.29. The topological polar surface area (TPSA) is 63.9 Å². The van der Waals surface area contributed by atoms with Crippen LogP contribution in [-0.4, -0.2) is 37.0 Å². The first-order valence-electron chi connectivity index (χ1n) is 11.4. The molecule has 1 atom stereocenters. The van der Waals surface area contributed by atoms with Crippen molar-refractivity contribution in [3.63, 3.8) is 0 Å². The van der Waals surface area contributed by atoms with Crippen molar-refractivity contribution in [1.29, 1.82) is 0 Å². The molecule has 3 aromatic heterocycles. The molecular formula is C27H31N5O. The Balaban J connectivity index is 1.69. The minimum atomic E-state index is -0.0341. The van der Waals surface area contributed by atoms with Crippen molar-refractivity contribution >= 4 is 5.57 Å². The fraction of sp³-hybridized carbons (Fsp3) is 0.333. The molecule has 0 fully saturated rings. The number of hydrogen-bond donors (Lipinski definition) is 0. The van der Waals surface area contributed by atoms with E-state index in [-0.39, 0.29) is 11.6 Å². The Hall–Kier alpha value is -3.38. The minimum Gasteiger partial charge on any atom is -0.296 e. The largest absolute Gasteiger partial charge is 0.296 e. The molecule has 0 radical (unpaired) electrons. The van der Waals surface area contributed by atoms with Crippen LogP contribution in [0.1, 0.15) is 43.5 Å². The SMILES string of the molecule is C/C=C\C(/C(C)=C(/C)c1nc(C)cc(=O)n1C)N1CCc2ncc(-c3cccnc3)cc2C1. The maximum Gasteiger partial charge on any atom is 0.253 e. The van der Waals surface area contributed by atoms with Gasteiger partial charge in [0.15, 0.2) is 0 Å². The molecule has 0 aliphatic carbocycles. The van der Waals surface area contributed by atoms with Gasteiger partial charge in [-0.25, -0.2) is 4.98 Å². The molecule has 0 bridgehead atoms. The van der Waals surface area contributed by atoms with Crippen LogP contribution in [0.3, 0.4) is 0 Å². The van der Waals surface area contributed by atoms with E-state index in [2.05, 4.69) is 59.9 Å². The van der Waals surface area contributed by atoms with Crippen LogP contribution in [0, 0.1) is 6.92 Å². The summed E-state index contributed by atoms with van der Waals surface area (Å²) < 4.78 is 1.63. The molecule has 6 heteroatoms. The standard InChI is InChI=1S/C27H31N5O/c1-6-8-25(19(3)20(4)27-30-18(2)13-26(33)31(27)5)32-12-10-24-23(17-32)14-22(16-29-24)21-9-7-11-28-15-21/h6-9,11,13-16,25H,10,12,17H2,1-5H3/b8-6-,20-19-. The summed E-state index contributed by atoms with van der Waals surface area (Å²) in [4.78, 5) is 28.5. The van der Waals surface area contributed by atoms with Crippen molar-refractivity contribution in [1.82, 2.24) is 24.4 Å². The maximum atomic E-state index is 12.3. The van der Waals surface area contributed by atoms with Gasteiger partial charge < -0.3 is 0 Å². The number of hydrogen-bond acceptors (Lipinski definition) is 5. The molecule has 0 saturated carbocycles. The Morgan fingerprint density at radius 2 is 2.00 bits per heavy atom. The number of nitrogens with zero attached hydrogens (tertiary/aromatic N) is 5. The molecule has 4 rings (SSSR count). The van der Waals surface area contributed by atoms with Crippen LogP contribution in [0.25, 0.3) is 16.7 Å². The second kappa shape index (κ2) is 9.63. The molecule has 0 N–H and O–H groups in total. The lowest BCUT2D eigenvalue weighted by atomic mass is 9.95.